The fourth-order valence-electron chi connectivity index (χ4n) is 2.30. The number of likely N-dealkylation sites (N-methyl/N-ethyl adjacent to an activating group) is 1. The van der Waals surface area contributed by atoms with E-state index < -0.39 is 0 Å². The van der Waals surface area contributed by atoms with Crippen LogP contribution in [0.25, 0.3) is 0 Å². The number of pyridine rings is 1. The van der Waals surface area contributed by atoms with Crippen molar-refractivity contribution in [2.75, 3.05) is 13.1 Å². The van der Waals surface area contributed by atoms with Gasteiger partial charge >= 0.3 is 0 Å². The first-order valence-electron chi connectivity index (χ1n) is 7.48. The highest BCUT2D eigenvalue weighted by Gasteiger charge is 2.18. The summed E-state index contributed by atoms with van der Waals surface area (Å²) in [6, 6.07) is 7.28. The third-order valence-electron chi connectivity index (χ3n) is 3.73. The average Bonchev–Trinajstić information content (AvgIpc) is 2.41. The van der Waals surface area contributed by atoms with Crippen LogP contribution in [0.4, 0.5) is 0 Å². The number of nitrogens with one attached hydrogen (secondary N) is 1. The minimum absolute atomic E-state index is 0.504. The van der Waals surface area contributed by atoms with Gasteiger partial charge in [-0.25, -0.2) is 0 Å². The summed E-state index contributed by atoms with van der Waals surface area (Å²) in [6.07, 6.45) is 1.18. The second kappa shape index (κ2) is 8.28. The van der Waals surface area contributed by atoms with Crippen LogP contribution in [0.5, 0.6) is 0 Å². The van der Waals surface area contributed by atoms with Gasteiger partial charge in [0.15, 0.2) is 0 Å². The van der Waals surface area contributed by atoms with Crippen LogP contribution in [0.15, 0.2) is 18.2 Å². The lowest BCUT2D eigenvalue weighted by Crippen LogP contribution is -2.46. The fourth-order valence-corrected chi connectivity index (χ4v) is 2.30. The standard InChI is InChI=1S/C16H29N3/c1-6-11-17-14(4)15(5)19(7-2)12-16-10-8-9-13(3)18-16/h8-10,14-15,17H,6-7,11-12H2,1-5H3. The highest BCUT2D eigenvalue weighted by Crippen LogP contribution is 2.10. The van der Waals surface area contributed by atoms with E-state index in [9.17, 15) is 0 Å². The molecule has 0 radical (unpaired) electrons. The zero-order chi connectivity index (χ0) is 14.3. The molecule has 2 atom stereocenters. The predicted molar refractivity (Wildman–Crippen MR) is 82.3 cm³/mol. The third kappa shape index (κ3) is 5.29. The van der Waals surface area contributed by atoms with Crippen LogP contribution >= 0.6 is 0 Å². The summed E-state index contributed by atoms with van der Waals surface area (Å²) in [5, 5.41) is 3.58. The molecule has 1 aromatic heterocycles. The quantitative estimate of drug-likeness (QED) is 0.781. The van der Waals surface area contributed by atoms with Crippen LogP contribution in [0.1, 0.15) is 45.5 Å². The molecule has 1 heterocycles. The maximum atomic E-state index is 4.60. The summed E-state index contributed by atoms with van der Waals surface area (Å²) in [7, 11) is 0. The Morgan fingerprint density at radius 1 is 1.26 bits per heavy atom. The van der Waals surface area contributed by atoms with Gasteiger partial charge in [0.05, 0.1) is 5.69 Å². The number of aryl methyl sites for hydroxylation is 1. The molecule has 1 rings (SSSR count). The minimum Gasteiger partial charge on any atom is -0.313 e. The summed E-state index contributed by atoms with van der Waals surface area (Å²) in [6.45, 7) is 14.1. The average molecular weight is 263 g/mol. The summed E-state index contributed by atoms with van der Waals surface area (Å²) in [5.41, 5.74) is 2.26. The molecular weight excluding hydrogens is 234 g/mol. The molecule has 0 fully saturated rings. The van der Waals surface area contributed by atoms with Crippen molar-refractivity contribution in [3.8, 4) is 0 Å². The highest BCUT2D eigenvalue weighted by molar-refractivity contribution is 5.10. The molecular formula is C16H29N3. The summed E-state index contributed by atoms with van der Waals surface area (Å²) >= 11 is 0. The van der Waals surface area contributed by atoms with Gasteiger partial charge in [-0.15, -0.1) is 0 Å². The van der Waals surface area contributed by atoms with Crippen LogP contribution < -0.4 is 5.32 Å². The van der Waals surface area contributed by atoms with Gasteiger partial charge < -0.3 is 5.32 Å². The molecule has 0 bridgehead atoms. The van der Waals surface area contributed by atoms with Crippen LogP contribution in [0, 0.1) is 6.92 Å². The number of aromatic nitrogens is 1. The van der Waals surface area contributed by atoms with Crippen LogP contribution in [-0.2, 0) is 6.54 Å². The molecule has 0 aliphatic heterocycles. The fraction of sp³-hybridized carbons (Fsp3) is 0.688. The highest BCUT2D eigenvalue weighted by atomic mass is 15.2. The largest absolute Gasteiger partial charge is 0.313 e. The van der Waals surface area contributed by atoms with Gasteiger partial charge in [0.2, 0.25) is 0 Å². The van der Waals surface area contributed by atoms with E-state index in [2.05, 4.69) is 68.0 Å². The van der Waals surface area contributed by atoms with Gasteiger partial charge in [0, 0.05) is 24.3 Å². The van der Waals surface area contributed by atoms with E-state index >= 15 is 0 Å². The second-order valence-corrected chi connectivity index (χ2v) is 5.32. The molecule has 108 valence electrons. The first kappa shape index (κ1) is 16.1. The molecule has 0 amide bonds. The van der Waals surface area contributed by atoms with E-state index in [4.69, 9.17) is 0 Å². The topological polar surface area (TPSA) is 28.2 Å². The Hall–Kier alpha value is -0.930. The molecule has 3 nitrogen and oxygen atoms in total. The van der Waals surface area contributed by atoms with E-state index in [0.29, 0.717) is 12.1 Å². The first-order chi connectivity index (χ1) is 9.08. The van der Waals surface area contributed by atoms with Gasteiger partial charge in [-0.2, -0.15) is 0 Å². The molecule has 3 heteroatoms. The van der Waals surface area contributed by atoms with E-state index in [-0.39, 0.29) is 0 Å². The van der Waals surface area contributed by atoms with Gasteiger partial charge in [-0.05, 0) is 52.4 Å². The first-order valence-corrected chi connectivity index (χ1v) is 7.48. The van der Waals surface area contributed by atoms with Gasteiger partial charge in [-0.3, -0.25) is 9.88 Å². The molecule has 1 aromatic rings. The van der Waals surface area contributed by atoms with E-state index in [0.717, 1.165) is 31.0 Å². The third-order valence-corrected chi connectivity index (χ3v) is 3.73. The Bertz CT molecular complexity index is 365. The van der Waals surface area contributed by atoms with Crippen LogP contribution in [0.2, 0.25) is 0 Å². The maximum absolute atomic E-state index is 4.60. The van der Waals surface area contributed by atoms with Crippen LogP contribution in [-0.4, -0.2) is 35.1 Å². The van der Waals surface area contributed by atoms with Crippen molar-refractivity contribution in [3.63, 3.8) is 0 Å². The summed E-state index contributed by atoms with van der Waals surface area (Å²) in [5.74, 6) is 0. The molecule has 0 aliphatic rings. The van der Waals surface area contributed by atoms with Gasteiger partial charge in [-0.1, -0.05) is 19.9 Å². The molecule has 1 N–H and O–H groups in total. The molecule has 0 aliphatic carbocycles. The smallest absolute Gasteiger partial charge is 0.0547 e. The lowest BCUT2D eigenvalue weighted by Gasteiger charge is -2.32. The molecule has 0 spiro atoms. The van der Waals surface area contributed by atoms with E-state index in [1.165, 1.54) is 6.42 Å². The van der Waals surface area contributed by atoms with E-state index in [1.54, 1.807) is 0 Å². The lowest BCUT2D eigenvalue weighted by molar-refractivity contribution is 0.173. The van der Waals surface area contributed by atoms with Crippen molar-refractivity contribution in [3.05, 3.63) is 29.6 Å². The number of hydrogen-bond acceptors (Lipinski definition) is 3. The predicted octanol–water partition coefficient (Wildman–Crippen LogP) is 2.99. The van der Waals surface area contributed by atoms with Crippen molar-refractivity contribution in [2.24, 2.45) is 0 Å². The normalized spacial score (nSPS) is 14.6. The summed E-state index contributed by atoms with van der Waals surface area (Å²) < 4.78 is 0. The Labute approximate surface area is 118 Å². The zero-order valence-electron chi connectivity index (χ0n) is 13.1. The van der Waals surface area contributed by atoms with Gasteiger partial charge in [0.1, 0.15) is 0 Å². The zero-order valence-corrected chi connectivity index (χ0v) is 13.1. The Balaban J connectivity index is 2.61. The van der Waals surface area contributed by atoms with Crippen molar-refractivity contribution >= 4 is 0 Å². The second-order valence-electron chi connectivity index (χ2n) is 5.32. The maximum Gasteiger partial charge on any atom is 0.0547 e. The minimum atomic E-state index is 0.504. The Morgan fingerprint density at radius 2 is 2.00 bits per heavy atom. The SMILES string of the molecule is CCCNC(C)C(C)N(CC)Cc1cccc(C)n1. The van der Waals surface area contributed by atoms with Crippen molar-refractivity contribution < 1.29 is 0 Å². The molecule has 0 saturated heterocycles. The molecule has 19 heavy (non-hydrogen) atoms. The van der Waals surface area contributed by atoms with Crippen molar-refractivity contribution in [1.82, 2.24) is 15.2 Å². The number of hydrogen-bond donors (Lipinski definition) is 1. The molecule has 0 saturated carbocycles. The van der Waals surface area contributed by atoms with Crippen LogP contribution in [0.3, 0.4) is 0 Å². The molecule has 2 unspecified atom stereocenters. The monoisotopic (exact) mass is 263 g/mol. The van der Waals surface area contributed by atoms with Gasteiger partial charge in [0.25, 0.3) is 0 Å². The summed E-state index contributed by atoms with van der Waals surface area (Å²) in [4.78, 5) is 7.08. The molecule has 0 aromatic carbocycles. The van der Waals surface area contributed by atoms with Crippen molar-refractivity contribution in [1.29, 1.82) is 0 Å². The van der Waals surface area contributed by atoms with Crippen molar-refractivity contribution in [2.45, 2.75) is 59.7 Å². The lowest BCUT2D eigenvalue weighted by atomic mass is 10.1. The Morgan fingerprint density at radius 3 is 2.58 bits per heavy atom. The number of rotatable bonds is 8. The van der Waals surface area contributed by atoms with E-state index in [1.807, 2.05) is 0 Å². The number of nitrogens with zero attached hydrogens (tertiary/aromatic N) is 2. The Kier molecular flexibility index (Phi) is 7.03.